The SMILES string of the molecule is Cn1c(C2CC2)nc2cc(Nc3nc(C(F)(F)F)ccc3C#N)ccc21. The molecule has 1 saturated carbocycles. The molecule has 4 rings (SSSR count). The van der Waals surface area contributed by atoms with E-state index in [4.69, 9.17) is 5.26 Å². The summed E-state index contributed by atoms with van der Waals surface area (Å²) in [6, 6.07) is 9.12. The van der Waals surface area contributed by atoms with Gasteiger partial charge in [-0.25, -0.2) is 9.97 Å². The molecule has 0 saturated heterocycles. The van der Waals surface area contributed by atoms with Gasteiger partial charge >= 0.3 is 6.18 Å². The normalized spacial score (nSPS) is 14.4. The van der Waals surface area contributed by atoms with Crippen molar-refractivity contribution in [3.63, 3.8) is 0 Å². The van der Waals surface area contributed by atoms with E-state index in [9.17, 15) is 13.2 Å². The first-order valence-corrected chi connectivity index (χ1v) is 8.08. The Balaban J connectivity index is 1.72. The zero-order valence-electron chi connectivity index (χ0n) is 13.8. The summed E-state index contributed by atoms with van der Waals surface area (Å²) >= 11 is 0. The number of nitriles is 1. The summed E-state index contributed by atoms with van der Waals surface area (Å²) in [6.45, 7) is 0. The number of benzene rings is 1. The Morgan fingerprint density at radius 3 is 2.62 bits per heavy atom. The van der Waals surface area contributed by atoms with Gasteiger partial charge in [0.15, 0.2) is 0 Å². The highest BCUT2D eigenvalue weighted by Crippen LogP contribution is 2.40. The van der Waals surface area contributed by atoms with Crippen molar-refractivity contribution < 1.29 is 13.2 Å². The van der Waals surface area contributed by atoms with E-state index in [0.717, 1.165) is 41.8 Å². The van der Waals surface area contributed by atoms with Crippen LogP contribution in [0.4, 0.5) is 24.7 Å². The van der Waals surface area contributed by atoms with Gasteiger partial charge in [0, 0.05) is 18.7 Å². The van der Waals surface area contributed by atoms with Gasteiger partial charge in [-0.15, -0.1) is 0 Å². The number of aryl methyl sites for hydroxylation is 1. The van der Waals surface area contributed by atoms with Crippen LogP contribution in [0.5, 0.6) is 0 Å². The summed E-state index contributed by atoms with van der Waals surface area (Å²) in [7, 11) is 1.96. The van der Waals surface area contributed by atoms with Gasteiger partial charge < -0.3 is 9.88 Å². The maximum absolute atomic E-state index is 12.9. The third-order valence-electron chi connectivity index (χ3n) is 4.43. The molecule has 0 atom stereocenters. The number of imidazole rings is 1. The highest BCUT2D eigenvalue weighted by Gasteiger charge is 2.33. The molecular formula is C18H14F3N5. The summed E-state index contributed by atoms with van der Waals surface area (Å²) in [4.78, 5) is 8.20. The fourth-order valence-electron chi connectivity index (χ4n) is 2.94. The van der Waals surface area contributed by atoms with Crippen molar-refractivity contribution in [1.82, 2.24) is 14.5 Å². The predicted octanol–water partition coefficient (Wildman–Crippen LogP) is 4.48. The molecule has 1 aliphatic carbocycles. The Kier molecular flexibility index (Phi) is 3.61. The minimum absolute atomic E-state index is 0.0396. The van der Waals surface area contributed by atoms with E-state index in [1.165, 1.54) is 0 Å². The van der Waals surface area contributed by atoms with E-state index >= 15 is 0 Å². The van der Waals surface area contributed by atoms with Gasteiger partial charge in [0.1, 0.15) is 23.4 Å². The summed E-state index contributed by atoms with van der Waals surface area (Å²) in [6.07, 6.45) is -2.32. The van der Waals surface area contributed by atoms with Gasteiger partial charge in [-0.2, -0.15) is 18.4 Å². The third kappa shape index (κ3) is 2.86. The van der Waals surface area contributed by atoms with Gasteiger partial charge in [0.2, 0.25) is 0 Å². The number of anilines is 2. The van der Waals surface area contributed by atoms with Crippen molar-refractivity contribution in [3.05, 3.63) is 47.4 Å². The predicted molar refractivity (Wildman–Crippen MR) is 89.9 cm³/mol. The number of fused-ring (bicyclic) bond motifs is 1. The standard InChI is InChI=1S/C18H14F3N5/c1-26-14-6-5-12(8-13(14)24-17(26)10-2-3-10)23-16-11(9-22)4-7-15(25-16)18(19,20)21/h4-8,10H,2-3H2,1H3,(H,23,25). The summed E-state index contributed by atoms with van der Waals surface area (Å²) in [5.74, 6) is 1.38. The molecule has 0 aliphatic heterocycles. The zero-order valence-corrected chi connectivity index (χ0v) is 13.8. The van der Waals surface area contributed by atoms with Crippen LogP contribution >= 0.6 is 0 Å². The van der Waals surface area contributed by atoms with Gasteiger partial charge in [0.25, 0.3) is 0 Å². The van der Waals surface area contributed by atoms with Gasteiger partial charge in [-0.3, -0.25) is 0 Å². The smallest absolute Gasteiger partial charge is 0.339 e. The van der Waals surface area contributed by atoms with E-state index in [0.29, 0.717) is 11.6 Å². The van der Waals surface area contributed by atoms with E-state index in [1.54, 1.807) is 12.1 Å². The molecule has 1 aliphatic rings. The highest BCUT2D eigenvalue weighted by atomic mass is 19.4. The number of rotatable bonds is 3. The molecule has 2 aromatic heterocycles. The fourth-order valence-corrected chi connectivity index (χ4v) is 2.94. The minimum Gasteiger partial charge on any atom is -0.339 e. The Morgan fingerprint density at radius 1 is 1.19 bits per heavy atom. The molecule has 1 N–H and O–H groups in total. The monoisotopic (exact) mass is 357 g/mol. The summed E-state index contributed by atoms with van der Waals surface area (Å²) < 4.78 is 40.7. The quantitative estimate of drug-likeness (QED) is 0.750. The molecule has 5 nitrogen and oxygen atoms in total. The lowest BCUT2D eigenvalue weighted by Gasteiger charge is -2.11. The van der Waals surface area contributed by atoms with Crippen LogP contribution < -0.4 is 5.32 Å². The number of halogens is 3. The average molecular weight is 357 g/mol. The van der Waals surface area contributed by atoms with Crippen LogP contribution in [0.2, 0.25) is 0 Å². The van der Waals surface area contributed by atoms with Crippen LogP contribution in [0.3, 0.4) is 0 Å². The molecule has 0 amide bonds. The van der Waals surface area contributed by atoms with Crippen LogP contribution in [0.25, 0.3) is 11.0 Å². The lowest BCUT2D eigenvalue weighted by molar-refractivity contribution is -0.141. The second-order valence-electron chi connectivity index (χ2n) is 6.33. The first-order chi connectivity index (χ1) is 12.4. The first-order valence-electron chi connectivity index (χ1n) is 8.08. The molecule has 1 fully saturated rings. The van der Waals surface area contributed by atoms with E-state index in [-0.39, 0.29) is 11.4 Å². The van der Waals surface area contributed by atoms with Crippen molar-refractivity contribution in [1.29, 1.82) is 5.26 Å². The average Bonchev–Trinajstić information content (AvgIpc) is 3.39. The number of nitrogens with zero attached hydrogens (tertiary/aromatic N) is 4. The summed E-state index contributed by atoms with van der Waals surface area (Å²) in [5, 5.41) is 12.0. The Labute approximate surface area is 147 Å². The van der Waals surface area contributed by atoms with E-state index in [1.807, 2.05) is 23.8 Å². The molecule has 1 aromatic carbocycles. The molecule has 26 heavy (non-hydrogen) atoms. The van der Waals surface area contributed by atoms with Crippen LogP contribution in [0.1, 0.15) is 35.8 Å². The molecular weight excluding hydrogens is 343 g/mol. The topological polar surface area (TPSA) is 66.5 Å². The Bertz CT molecular complexity index is 1040. The molecule has 0 unspecified atom stereocenters. The second-order valence-corrected chi connectivity index (χ2v) is 6.33. The summed E-state index contributed by atoms with van der Waals surface area (Å²) in [5.41, 5.74) is 1.23. The number of aromatic nitrogens is 3. The van der Waals surface area contributed by atoms with Crippen molar-refractivity contribution >= 4 is 22.5 Å². The third-order valence-corrected chi connectivity index (χ3v) is 4.43. The first kappa shape index (κ1) is 16.4. The number of pyridine rings is 1. The van der Waals surface area contributed by atoms with Crippen LogP contribution in [0, 0.1) is 11.3 Å². The maximum Gasteiger partial charge on any atom is 0.433 e. The molecule has 8 heteroatoms. The molecule has 0 radical (unpaired) electrons. The molecule has 2 heterocycles. The number of alkyl halides is 3. The van der Waals surface area contributed by atoms with Crippen LogP contribution in [-0.4, -0.2) is 14.5 Å². The van der Waals surface area contributed by atoms with Gasteiger partial charge in [-0.1, -0.05) is 0 Å². The molecule has 0 spiro atoms. The van der Waals surface area contributed by atoms with Crippen molar-refractivity contribution in [2.45, 2.75) is 24.9 Å². The molecule has 0 bridgehead atoms. The van der Waals surface area contributed by atoms with Crippen molar-refractivity contribution in [2.75, 3.05) is 5.32 Å². The van der Waals surface area contributed by atoms with Crippen molar-refractivity contribution in [2.24, 2.45) is 7.05 Å². The van der Waals surface area contributed by atoms with E-state index < -0.39 is 11.9 Å². The number of hydrogen-bond acceptors (Lipinski definition) is 4. The highest BCUT2D eigenvalue weighted by molar-refractivity contribution is 5.81. The van der Waals surface area contributed by atoms with Crippen LogP contribution in [0.15, 0.2) is 30.3 Å². The molecule has 132 valence electrons. The minimum atomic E-state index is -4.57. The lowest BCUT2D eigenvalue weighted by Crippen LogP contribution is -2.10. The largest absolute Gasteiger partial charge is 0.433 e. The van der Waals surface area contributed by atoms with Gasteiger partial charge in [0.05, 0.1) is 16.6 Å². The van der Waals surface area contributed by atoms with Crippen LogP contribution in [-0.2, 0) is 13.2 Å². The Morgan fingerprint density at radius 2 is 1.96 bits per heavy atom. The van der Waals surface area contributed by atoms with Crippen molar-refractivity contribution in [3.8, 4) is 6.07 Å². The Hall–Kier alpha value is -3.08. The fraction of sp³-hybridized carbons (Fsp3) is 0.278. The lowest BCUT2D eigenvalue weighted by atomic mass is 10.2. The van der Waals surface area contributed by atoms with Gasteiger partial charge in [-0.05, 0) is 43.2 Å². The second kappa shape index (κ2) is 5.73. The maximum atomic E-state index is 12.9. The zero-order chi connectivity index (χ0) is 18.5. The number of nitrogens with one attached hydrogen (secondary N) is 1. The molecule has 3 aromatic rings. The van der Waals surface area contributed by atoms with E-state index in [2.05, 4.69) is 15.3 Å². The number of hydrogen-bond donors (Lipinski definition) is 1.